The van der Waals surface area contributed by atoms with Crippen LogP contribution in [-0.2, 0) is 20.4 Å². The fourth-order valence-corrected chi connectivity index (χ4v) is 7.23. The monoisotopic (exact) mass is 551 g/mol. The zero-order valence-corrected chi connectivity index (χ0v) is 26.5. The van der Waals surface area contributed by atoms with Gasteiger partial charge in [-0.05, 0) is 73.9 Å². The molecule has 2 heterocycles. The van der Waals surface area contributed by atoms with Gasteiger partial charge in [0.05, 0.1) is 28.9 Å². The third-order valence-corrected chi connectivity index (χ3v) is 9.41. The highest BCUT2D eigenvalue weighted by molar-refractivity contribution is 6.23. The Morgan fingerprint density at radius 1 is 1.07 bits per heavy atom. The molecule has 216 valence electrons. The number of ether oxygens (including phenoxy) is 2. The van der Waals surface area contributed by atoms with Crippen molar-refractivity contribution < 1.29 is 14.0 Å². The minimum atomic E-state index is -0.293. The molecule has 5 rings (SSSR count). The quantitative estimate of drug-likeness (QED) is 0.118. The second-order valence-corrected chi connectivity index (χ2v) is 13.4. The SMILES string of the molecule is CCC1(C=COC(C)=CC(C)OC)c2cccc3c4ccccc4c4nc(C)c[n+](c4c23)C1(C)CCCC(C)(C)C. The van der Waals surface area contributed by atoms with Gasteiger partial charge in [0.15, 0.2) is 11.7 Å². The van der Waals surface area contributed by atoms with Gasteiger partial charge < -0.3 is 9.47 Å². The van der Waals surface area contributed by atoms with E-state index in [0.717, 1.165) is 36.2 Å². The van der Waals surface area contributed by atoms with Crippen LogP contribution in [0.15, 0.2) is 72.8 Å². The Hall–Kier alpha value is -3.24. The molecule has 3 unspecified atom stereocenters. The van der Waals surface area contributed by atoms with Gasteiger partial charge in [-0.3, -0.25) is 0 Å². The Morgan fingerprint density at radius 3 is 2.46 bits per heavy atom. The number of hydrogen-bond donors (Lipinski definition) is 0. The fraction of sp³-hybridized carbons (Fsp3) is 0.459. The predicted octanol–water partition coefficient (Wildman–Crippen LogP) is 9.20. The number of allylic oxidation sites excluding steroid dienone is 2. The molecule has 0 bridgehead atoms. The third kappa shape index (κ3) is 4.95. The van der Waals surface area contributed by atoms with E-state index in [9.17, 15) is 0 Å². The second kappa shape index (κ2) is 10.9. The zero-order chi connectivity index (χ0) is 29.6. The summed E-state index contributed by atoms with van der Waals surface area (Å²) in [5.74, 6) is 0.839. The van der Waals surface area contributed by atoms with Crippen LogP contribution in [0.3, 0.4) is 0 Å². The summed E-state index contributed by atoms with van der Waals surface area (Å²) in [4.78, 5) is 5.19. The summed E-state index contributed by atoms with van der Waals surface area (Å²) in [5.41, 5.74) is 4.51. The van der Waals surface area contributed by atoms with Gasteiger partial charge in [-0.2, -0.15) is 4.57 Å². The highest BCUT2D eigenvalue weighted by Crippen LogP contribution is 2.52. The highest BCUT2D eigenvalue weighted by atomic mass is 16.5. The molecule has 41 heavy (non-hydrogen) atoms. The van der Waals surface area contributed by atoms with Crippen LogP contribution in [0.2, 0.25) is 0 Å². The average molecular weight is 552 g/mol. The molecule has 0 aliphatic carbocycles. The number of rotatable bonds is 9. The molecule has 4 heteroatoms. The summed E-state index contributed by atoms with van der Waals surface area (Å²) < 4.78 is 14.3. The third-order valence-electron chi connectivity index (χ3n) is 9.41. The van der Waals surface area contributed by atoms with Gasteiger partial charge in [0.1, 0.15) is 11.2 Å². The molecule has 1 aromatic heterocycles. The molecule has 0 fully saturated rings. The standard InChI is InChI=1S/C37H47N2O2/c1-10-37(21-22-41-27(4)23-26(3)40-9)31-18-13-17-29-28-15-11-12-16-30(28)33-34(32(29)31)39(24-25(2)38-33)36(37,8)20-14-19-35(5,6)7/h11-13,15-18,21-24,26H,10,14,19-20H2,1-9H3/q+1. The largest absolute Gasteiger partial charge is 0.470 e. The topological polar surface area (TPSA) is 35.2 Å². The van der Waals surface area contributed by atoms with Crippen LogP contribution >= 0.6 is 0 Å². The number of benzene rings is 3. The van der Waals surface area contributed by atoms with Gasteiger partial charge in [-0.25, -0.2) is 4.98 Å². The Labute approximate surface area is 246 Å². The average Bonchev–Trinajstić information content (AvgIpc) is 2.93. The Morgan fingerprint density at radius 2 is 1.78 bits per heavy atom. The van der Waals surface area contributed by atoms with Crippen molar-refractivity contribution in [2.45, 2.75) is 98.1 Å². The number of aromatic nitrogens is 2. The fourth-order valence-electron chi connectivity index (χ4n) is 7.23. The smallest absolute Gasteiger partial charge is 0.240 e. The van der Waals surface area contributed by atoms with Crippen LogP contribution in [0.5, 0.6) is 0 Å². The lowest BCUT2D eigenvalue weighted by Gasteiger charge is -2.46. The van der Waals surface area contributed by atoms with Crippen LogP contribution in [0.4, 0.5) is 0 Å². The highest BCUT2D eigenvalue weighted by Gasteiger charge is 2.58. The summed E-state index contributed by atoms with van der Waals surface area (Å²) in [5, 5.41) is 5.08. The van der Waals surface area contributed by atoms with E-state index in [0.29, 0.717) is 0 Å². The molecule has 0 radical (unpaired) electrons. The zero-order valence-electron chi connectivity index (χ0n) is 26.5. The van der Waals surface area contributed by atoms with Crippen molar-refractivity contribution >= 4 is 32.6 Å². The first-order chi connectivity index (χ1) is 19.5. The Balaban J connectivity index is 1.83. The molecule has 3 aromatic carbocycles. The molecule has 4 nitrogen and oxygen atoms in total. The molecule has 3 atom stereocenters. The molecule has 0 saturated carbocycles. The first kappa shape index (κ1) is 29.3. The van der Waals surface area contributed by atoms with E-state index in [4.69, 9.17) is 14.5 Å². The number of hydrogen-bond acceptors (Lipinski definition) is 3. The van der Waals surface area contributed by atoms with Crippen molar-refractivity contribution in [3.05, 3.63) is 84.1 Å². The van der Waals surface area contributed by atoms with E-state index in [2.05, 4.69) is 101 Å². The van der Waals surface area contributed by atoms with Gasteiger partial charge in [0.25, 0.3) is 0 Å². The number of nitrogens with zero attached hydrogens (tertiary/aromatic N) is 2. The van der Waals surface area contributed by atoms with Gasteiger partial charge >= 0.3 is 0 Å². The molecule has 1 aliphatic rings. The molecular weight excluding hydrogens is 504 g/mol. The van der Waals surface area contributed by atoms with Crippen LogP contribution in [0, 0.1) is 12.3 Å². The van der Waals surface area contributed by atoms with Crippen molar-refractivity contribution in [1.82, 2.24) is 4.98 Å². The first-order valence-corrected chi connectivity index (χ1v) is 15.2. The lowest BCUT2D eigenvalue weighted by molar-refractivity contribution is -0.750. The predicted molar refractivity (Wildman–Crippen MR) is 171 cm³/mol. The lowest BCUT2D eigenvalue weighted by atomic mass is 9.59. The van der Waals surface area contributed by atoms with Crippen molar-refractivity contribution in [2.24, 2.45) is 5.41 Å². The van der Waals surface area contributed by atoms with Crippen LogP contribution in [0.25, 0.3) is 32.6 Å². The van der Waals surface area contributed by atoms with Gasteiger partial charge in [0, 0.05) is 25.8 Å². The summed E-state index contributed by atoms with van der Waals surface area (Å²) >= 11 is 0. The second-order valence-electron chi connectivity index (χ2n) is 13.4. The van der Waals surface area contributed by atoms with Crippen molar-refractivity contribution in [3.63, 3.8) is 0 Å². The van der Waals surface area contributed by atoms with E-state index < -0.39 is 0 Å². The van der Waals surface area contributed by atoms with Crippen LogP contribution in [0.1, 0.15) is 85.4 Å². The van der Waals surface area contributed by atoms with E-state index in [-0.39, 0.29) is 22.5 Å². The van der Waals surface area contributed by atoms with Gasteiger partial charge in [0.2, 0.25) is 5.52 Å². The normalized spacial score (nSPS) is 21.9. The van der Waals surface area contributed by atoms with Gasteiger partial charge in [-0.15, -0.1) is 0 Å². The van der Waals surface area contributed by atoms with Crippen molar-refractivity contribution in [1.29, 1.82) is 0 Å². The number of fused-ring (bicyclic) bond motifs is 3. The summed E-state index contributed by atoms with van der Waals surface area (Å²) in [6, 6.07) is 15.6. The molecule has 1 aliphatic heterocycles. The van der Waals surface area contributed by atoms with E-state index in [1.165, 1.54) is 39.0 Å². The molecule has 0 N–H and O–H groups in total. The molecule has 0 saturated heterocycles. The van der Waals surface area contributed by atoms with Crippen LogP contribution in [-0.4, -0.2) is 18.2 Å². The number of methoxy groups -OCH3 is 1. The van der Waals surface area contributed by atoms with Crippen LogP contribution < -0.4 is 4.57 Å². The summed E-state index contributed by atoms with van der Waals surface area (Å²) in [6.45, 7) is 18.0. The molecule has 0 amide bonds. The van der Waals surface area contributed by atoms with Crippen molar-refractivity contribution in [3.8, 4) is 0 Å². The maximum atomic E-state index is 6.23. The van der Waals surface area contributed by atoms with Gasteiger partial charge in [-0.1, -0.05) is 70.2 Å². The first-order valence-electron chi connectivity index (χ1n) is 15.2. The van der Waals surface area contributed by atoms with E-state index in [1.54, 1.807) is 7.11 Å². The van der Waals surface area contributed by atoms with E-state index in [1.807, 2.05) is 26.2 Å². The maximum Gasteiger partial charge on any atom is 0.240 e. The Bertz CT molecular complexity index is 1660. The Kier molecular flexibility index (Phi) is 7.76. The van der Waals surface area contributed by atoms with Crippen molar-refractivity contribution in [2.75, 3.05) is 7.11 Å². The minimum absolute atomic E-state index is 0.00146. The minimum Gasteiger partial charge on any atom is -0.470 e. The molecular formula is C37H47N2O2+. The maximum absolute atomic E-state index is 6.23. The summed E-state index contributed by atoms with van der Waals surface area (Å²) in [7, 11) is 1.72. The van der Waals surface area contributed by atoms with E-state index >= 15 is 0 Å². The molecule has 4 aromatic rings. The number of aryl methyl sites for hydroxylation is 1. The molecule has 0 spiro atoms. The lowest BCUT2D eigenvalue weighted by Crippen LogP contribution is -2.67. The summed E-state index contributed by atoms with van der Waals surface area (Å²) in [6.07, 6.45) is 12.9.